The van der Waals surface area contributed by atoms with E-state index in [1.807, 2.05) is 0 Å². The molecule has 0 aromatic rings. The topological polar surface area (TPSA) is 61.8 Å². The molecule has 0 fully saturated rings. The number of aliphatic hydroxyl groups is 1. The number of ether oxygens (including phenoxy) is 1. The lowest BCUT2D eigenvalue weighted by atomic mass is 10.3. The van der Waals surface area contributed by atoms with Gasteiger partial charge >= 0.3 is 6.18 Å². The second kappa shape index (κ2) is 8.28. The molecular formula is C10H19F3N2O3. The largest absolute Gasteiger partial charge is 0.401 e. The summed E-state index contributed by atoms with van der Waals surface area (Å²) < 4.78 is 41.4. The molecular weight excluding hydrogens is 253 g/mol. The molecule has 0 radical (unpaired) electrons. The van der Waals surface area contributed by atoms with E-state index in [1.54, 1.807) is 6.92 Å². The van der Waals surface area contributed by atoms with Crippen LogP contribution in [0.2, 0.25) is 0 Å². The van der Waals surface area contributed by atoms with Crippen molar-refractivity contribution in [1.29, 1.82) is 0 Å². The van der Waals surface area contributed by atoms with Gasteiger partial charge in [-0.2, -0.15) is 13.2 Å². The number of aliphatic hydroxyl groups excluding tert-OH is 1. The first-order valence-electron chi connectivity index (χ1n) is 5.46. The number of rotatable bonds is 8. The van der Waals surface area contributed by atoms with E-state index < -0.39 is 31.8 Å². The van der Waals surface area contributed by atoms with E-state index in [0.717, 1.165) is 4.90 Å². The third kappa shape index (κ3) is 9.20. The summed E-state index contributed by atoms with van der Waals surface area (Å²) in [4.78, 5) is 12.3. The molecule has 18 heavy (non-hydrogen) atoms. The second-order valence-corrected chi connectivity index (χ2v) is 3.97. The van der Waals surface area contributed by atoms with Crippen LogP contribution in [0, 0.1) is 0 Å². The zero-order valence-electron chi connectivity index (χ0n) is 10.5. The molecule has 1 unspecified atom stereocenters. The molecule has 0 aromatic carbocycles. The summed E-state index contributed by atoms with van der Waals surface area (Å²) in [5.74, 6) is -0.530. The Morgan fingerprint density at radius 3 is 2.56 bits per heavy atom. The quantitative estimate of drug-likeness (QED) is 0.652. The van der Waals surface area contributed by atoms with E-state index in [2.05, 4.69) is 5.32 Å². The minimum Gasteiger partial charge on any atom is -0.395 e. The second-order valence-electron chi connectivity index (χ2n) is 3.97. The fraction of sp³-hybridized carbons (Fsp3) is 0.900. The van der Waals surface area contributed by atoms with E-state index in [9.17, 15) is 18.0 Å². The molecule has 0 saturated carbocycles. The van der Waals surface area contributed by atoms with Gasteiger partial charge in [0.2, 0.25) is 5.91 Å². The number of alkyl halides is 3. The van der Waals surface area contributed by atoms with Crippen molar-refractivity contribution in [3.05, 3.63) is 0 Å². The van der Waals surface area contributed by atoms with Gasteiger partial charge in [0.05, 0.1) is 26.3 Å². The monoisotopic (exact) mass is 272 g/mol. The minimum atomic E-state index is -4.40. The Labute approximate surface area is 104 Å². The summed E-state index contributed by atoms with van der Waals surface area (Å²) in [5.41, 5.74) is 0. The molecule has 8 heteroatoms. The van der Waals surface area contributed by atoms with Gasteiger partial charge in [0, 0.05) is 19.7 Å². The first kappa shape index (κ1) is 17.1. The maximum atomic E-state index is 12.2. The van der Waals surface area contributed by atoms with E-state index in [0.29, 0.717) is 0 Å². The number of nitrogens with one attached hydrogen (secondary N) is 1. The van der Waals surface area contributed by atoms with Crippen LogP contribution < -0.4 is 5.32 Å². The lowest BCUT2D eigenvalue weighted by Gasteiger charge is -2.23. The molecule has 0 aliphatic rings. The van der Waals surface area contributed by atoms with Gasteiger partial charge in [-0.05, 0) is 6.92 Å². The van der Waals surface area contributed by atoms with Crippen molar-refractivity contribution in [3.8, 4) is 0 Å². The number of halogens is 3. The zero-order chi connectivity index (χ0) is 14.2. The van der Waals surface area contributed by atoms with Crippen LogP contribution in [0.5, 0.6) is 0 Å². The number of carbonyl (C=O) groups is 1. The number of hydrogen-bond donors (Lipinski definition) is 2. The molecule has 0 rings (SSSR count). The van der Waals surface area contributed by atoms with Gasteiger partial charge in [-0.1, -0.05) is 0 Å². The summed E-state index contributed by atoms with van der Waals surface area (Å²) in [5, 5.41) is 11.2. The minimum absolute atomic E-state index is 0.203. The average Bonchev–Trinajstić information content (AvgIpc) is 2.14. The third-order valence-electron chi connectivity index (χ3n) is 2.01. The molecule has 0 aliphatic carbocycles. The molecule has 0 heterocycles. The van der Waals surface area contributed by atoms with Crippen molar-refractivity contribution in [2.45, 2.75) is 19.1 Å². The van der Waals surface area contributed by atoms with Crippen LogP contribution in [0.25, 0.3) is 0 Å². The normalized spacial score (nSPS) is 13.7. The summed E-state index contributed by atoms with van der Waals surface area (Å²) >= 11 is 0. The van der Waals surface area contributed by atoms with Crippen molar-refractivity contribution >= 4 is 5.91 Å². The van der Waals surface area contributed by atoms with Crippen molar-refractivity contribution in [1.82, 2.24) is 10.2 Å². The summed E-state index contributed by atoms with van der Waals surface area (Å²) in [6.45, 7) is -0.303. The third-order valence-corrected chi connectivity index (χ3v) is 2.01. The molecule has 1 atom stereocenters. The van der Waals surface area contributed by atoms with Gasteiger partial charge < -0.3 is 15.2 Å². The SMILES string of the molecule is COCC(C)NC(=O)CN(CCO)CC(F)(F)F. The Hall–Kier alpha value is -0.860. The maximum Gasteiger partial charge on any atom is 0.401 e. The van der Waals surface area contributed by atoms with Crippen LogP contribution in [0.4, 0.5) is 13.2 Å². The lowest BCUT2D eigenvalue weighted by molar-refractivity contribution is -0.149. The molecule has 0 saturated heterocycles. The van der Waals surface area contributed by atoms with Crippen molar-refractivity contribution in [2.24, 2.45) is 0 Å². The molecule has 2 N–H and O–H groups in total. The highest BCUT2D eigenvalue weighted by molar-refractivity contribution is 5.78. The van der Waals surface area contributed by atoms with E-state index in [4.69, 9.17) is 9.84 Å². The predicted octanol–water partition coefficient (Wildman–Crippen LogP) is -0.00590. The van der Waals surface area contributed by atoms with Crippen LogP contribution in [0.3, 0.4) is 0 Å². The first-order chi connectivity index (χ1) is 8.28. The highest BCUT2D eigenvalue weighted by Crippen LogP contribution is 2.15. The smallest absolute Gasteiger partial charge is 0.395 e. The maximum absolute atomic E-state index is 12.2. The van der Waals surface area contributed by atoms with E-state index >= 15 is 0 Å². The molecule has 108 valence electrons. The van der Waals surface area contributed by atoms with Crippen LogP contribution in [0.15, 0.2) is 0 Å². The number of nitrogens with zero attached hydrogens (tertiary/aromatic N) is 1. The van der Waals surface area contributed by atoms with Gasteiger partial charge in [-0.3, -0.25) is 9.69 Å². The standard InChI is InChI=1S/C10H19F3N2O3/c1-8(6-18-2)14-9(17)5-15(3-4-16)7-10(11,12)13/h8,16H,3-7H2,1-2H3,(H,14,17). The molecule has 1 amide bonds. The predicted molar refractivity (Wildman–Crippen MR) is 59.1 cm³/mol. The van der Waals surface area contributed by atoms with E-state index in [-0.39, 0.29) is 19.2 Å². The number of hydrogen-bond acceptors (Lipinski definition) is 4. The highest BCUT2D eigenvalue weighted by atomic mass is 19.4. The number of amides is 1. The van der Waals surface area contributed by atoms with Crippen molar-refractivity contribution < 1.29 is 27.8 Å². The number of methoxy groups -OCH3 is 1. The van der Waals surface area contributed by atoms with Gasteiger partial charge in [0.15, 0.2) is 0 Å². The fourth-order valence-corrected chi connectivity index (χ4v) is 1.42. The Morgan fingerprint density at radius 1 is 1.50 bits per heavy atom. The van der Waals surface area contributed by atoms with Gasteiger partial charge in [0.1, 0.15) is 0 Å². The van der Waals surface area contributed by atoms with Crippen molar-refractivity contribution in [2.75, 3.05) is 40.0 Å². The number of carbonyl (C=O) groups excluding carboxylic acids is 1. The summed E-state index contributed by atoms with van der Waals surface area (Å²) in [6.07, 6.45) is -4.40. The first-order valence-corrected chi connectivity index (χ1v) is 5.46. The fourth-order valence-electron chi connectivity index (χ4n) is 1.42. The Morgan fingerprint density at radius 2 is 2.11 bits per heavy atom. The van der Waals surface area contributed by atoms with E-state index in [1.165, 1.54) is 7.11 Å². The molecule has 0 bridgehead atoms. The molecule has 0 spiro atoms. The van der Waals surface area contributed by atoms with Gasteiger partial charge in [-0.15, -0.1) is 0 Å². The van der Waals surface area contributed by atoms with Crippen LogP contribution in [-0.4, -0.2) is 68.1 Å². The molecule has 5 nitrogen and oxygen atoms in total. The zero-order valence-corrected chi connectivity index (χ0v) is 10.5. The van der Waals surface area contributed by atoms with Crippen LogP contribution in [0.1, 0.15) is 6.92 Å². The Bertz CT molecular complexity index is 249. The average molecular weight is 272 g/mol. The summed E-state index contributed by atoms with van der Waals surface area (Å²) in [6, 6.07) is -0.274. The highest BCUT2D eigenvalue weighted by Gasteiger charge is 2.31. The Kier molecular flexibility index (Phi) is 7.88. The van der Waals surface area contributed by atoms with Crippen LogP contribution in [-0.2, 0) is 9.53 Å². The van der Waals surface area contributed by atoms with Crippen molar-refractivity contribution in [3.63, 3.8) is 0 Å². The van der Waals surface area contributed by atoms with Gasteiger partial charge in [-0.25, -0.2) is 0 Å². The lowest BCUT2D eigenvalue weighted by Crippen LogP contribution is -2.46. The van der Waals surface area contributed by atoms with Crippen LogP contribution >= 0.6 is 0 Å². The Balaban J connectivity index is 4.19. The summed E-state index contributed by atoms with van der Waals surface area (Å²) in [7, 11) is 1.46. The molecule has 0 aliphatic heterocycles. The molecule has 0 aromatic heterocycles. The van der Waals surface area contributed by atoms with Gasteiger partial charge in [0.25, 0.3) is 0 Å².